The average Bonchev–Trinajstić information content (AvgIpc) is 2.22. The molecule has 0 aromatic heterocycles. The van der Waals surface area contributed by atoms with Crippen LogP contribution >= 0.6 is 0 Å². The SMILES string of the molecule is CC(CCO)NC(=O)c1ccc(N)c(O)c1. The number of phenols is 1. The zero-order valence-corrected chi connectivity index (χ0v) is 9.10. The zero-order chi connectivity index (χ0) is 12.1. The molecule has 0 spiro atoms. The van der Waals surface area contributed by atoms with Crippen molar-refractivity contribution in [3.05, 3.63) is 23.8 Å². The highest BCUT2D eigenvalue weighted by atomic mass is 16.3. The van der Waals surface area contributed by atoms with E-state index in [1.165, 1.54) is 18.2 Å². The number of aliphatic hydroxyl groups is 1. The molecule has 0 saturated heterocycles. The molecule has 0 saturated carbocycles. The topological polar surface area (TPSA) is 95.6 Å². The monoisotopic (exact) mass is 224 g/mol. The normalized spacial score (nSPS) is 12.1. The number of carbonyl (C=O) groups is 1. The molecule has 0 heterocycles. The molecule has 1 unspecified atom stereocenters. The van der Waals surface area contributed by atoms with Crippen molar-refractivity contribution in [2.24, 2.45) is 0 Å². The molecule has 0 radical (unpaired) electrons. The molecule has 0 bridgehead atoms. The second kappa shape index (κ2) is 5.37. The molecule has 0 aliphatic carbocycles. The number of aromatic hydroxyl groups is 1. The highest BCUT2D eigenvalue weighted by Gasteiger charge is 2.10. The maximum Gasteiger partial charge on any atom is 0.251 e. The summed E-state index contributed by atoms with van der Waals surface area (Å²) >= 11 is 0. The minimum absolute atomic E-state index is 0.0223. The van der Waals surface area contributed by atoms with E-state index in [-0.39, 0.29) is 30.0 Å². The molecule has 0 aliphatic heterocycles. The number of aliphatic hydroxyl groups excluding tert-OH is 1. The van der Waals surface area contributed by atoms with Crippen molar-refractivity contribution in [3.63, 3.8) is 0 Å². The number of rotatable bonds is 4. The van der Waals surface area contributed by atoms with Crippen molar-refractivity contribution in [3.8, 4) is 5.75 Å². The van der Waals surface area contributed by atoms with Crippen molar-refractivity contribution in [2.45, 2.75) is 19.4 Å². The fraction of sp³-hybridized carbons (Fsp3) is 0.364. The van der Waals surface area contributed by atoms with Gasteiger partial charge >= 0.3 is 0 Å². The first kappa shape index (κ1) is 12.3. The van der Waals surface area contributed by atoms with Gasteiger partial charge in [-0.25, -0.2) is 0 Å². The molecule has 5 heteroatoms. The Hall–Kier alpha value is -1.75. The van der Waals surface area contributed by atoms with Crippen molar-refractivity contribution >= 4 is 11.6 Å². The third-order valence-electron chi connectivity index (χ3n) is 2.23. The summed E-state index contributed by atoms with van der Waals surface area (Å²) in [5.41, 5.74) is 6.00. The lowest BCUT2D eigenvalue weighted by Crippen LogP contribution is -2.33. The lowest BCUT2D eigenvalue weighted by atomic mass is 10.1. The van der Waals surface area contributed by atoms with Gasteiger partial charge in [0.2, 0.25) is 0 Å². The summed E-state index contributed by atoms with van der Waals surface area (Å²) in [6.45, 7) is 1.82. The number of benzene rings is 1. The summed E-state index contributed by atoms with van der Waals surface area (Å²) in [5, 5.41) is 20.7. The van der Waals surface area contributed by atoms with Gasteiger partial charge in [-0.2, -0.15) is 0 Å². The van der Waals surface area contributed by atoms with Gasteiger partial charge < -0.3 is 21.3 Å². The van der Waals surface area contributed by atoms with Gasteiger partial charge in [0.1, 0.15) is 5.75 Å². The number of hydrogen-bond donors (Lipinski definition) is 4. The van der Waals surface area contributed by atoms with Crippen LogP contribution in [0.25, 0.3) is 0 Å². The summed E-state index contributed by atoms with van der Waals surface area (Å²) in [6, 6.07) is 4.21. The quantitative estimate of drug-likeness (QED) is 0.441. The van der Waals surface area contributed by atoms with Crippen LogP contribution in [0.3, 0.4) is 0 Å². The minimum Gasteiger partial charge on any atom is -0.506 e. The second-order valence-electron chi connectivity index (χ2n) is 3.66. The van der Waals surface area contributed by atoms with Gasteiger partial charge in [0, 0.05) is 18.2 Å². The van der Waals surface area contributed by atoms with Gasteiger partial charge in [-0.15, -0.1) is 0 Å². The predicted molar refractivity (Wildman–Crippen MR) is 61.2 cm³/mol. The molecule has 1 aromatic rings. The number of phenolic OH excluding ortho intramolecular Hbond substituents is 1. The fourth-order valence-corrected chi connectivity index (χ4v) is 1.26. The largest absolute Gasteiger partial charge is 0.506 e. The van der Waals surface area contributed by atoms with E-state index < -0.39 is 0 Å². The average molecular weight is 224 g/mol. The predicted octanol–water partition coefficient (Wildman–Crippen LogP) is 0.475. The molecule has 1 atom stereocenters. The maximum absolute atomic E-state index is 11.6. The van der Waals surface area contributed by atoms with Crippen LogP contribution in [0.4, 0.5) is 5.69 Å². The Morgan fingerprint density at radius 1 is 1.56 bits per heavy atom. The summed E-state index contributed by atoms with van der Waals surface area (Å²) in [7, 11) is 0. The highest BCUT2D eigenvalue weighted by Crippen LogP contribution is 2.20. The number of nitrogens with one attached hydrogen (secondary N) is 1. The van der Waals surface area contributed by atoms with Crippen molar-refractivity contribution in [1.29, 1.82) is 0 Å². The van der Waals surface area contributed by atoms with Gasteiger partial charge in [-0.3, -0.25) is 4.79 Å². The van der Waals surface area contributed by atoms with Crippen LogP contribution in [0, 0.1) is 0 Å². The Labute approximate surface area is 93.9 Å². The molecule has 0 aliphatic rings. The van der Waals surface area contributed by atoms with E-state index in [4.69, 9.17) is 10.8 Å². The Morgan fingerprint density at radius 2 is 2.25 bits per heavy atom. The van der Waals surface area contributed by atoms with Crippen LogP contribution < -0.4 is 11.1 Å². The Kier molecular flexibility index (Phi) is 4.13. The van der Waals surface area contributed by atoms with E-state index in [0.29, 0.717) is 12.0 Å². The Balaban J connectivity index is 2.69. The second-order valence-corrected chi connectivity index (χ2v) is 3.66. The Morgan fingerprint density at radius 3 is 2.81 bits per heavy atom. The number of nitrogens with two attached hydrogens (primary N) is 1. The van der Waals surface area contributed by atoms with Gasteiger partial charge in [-0.1, -0.05) is 0 Å². The lowest BCUT2D eigenvalue weighted by Gasteiger charge is -2.12. The number of anilines is 1. The third kappa shape index (κ3) is 3.13. The van der Waals surface area contributed by atoms with Crippen LogP contribution in [0.5, 0.6) is 5.75 Å². The van der Waals surface area contributed by atoms with Crippen LogP contribution in [0.1, 0.15) is 23.7 Å². The molecule has 1 rings (SSSR count). The number of hydrogen-bond acceptors (Lipinski definition) is 4. The molecule has 1 aromatic carbocycles. The van der Waals surface area contributed by atoms with E-state index in [9.17, 15) is 9.90 Å². The highest BCUT2D eigenvalue weighted by molar-refractivity contribution is 5.95. The molecule has 16 heavy (non-hydrogen) atoms. The van der Waals surface area contributed by atoms with Gasteiger partial charge in [0.15, 0.2) is 0 Å². The van der Waals surface area contributed by atoms with Crippen LogP contribution in [-0.2, 0) is 0 Å². The molecular weight excluding hydrogens is 208 g/mol. The summed E-state index contributed by atoms with van der Waals surface area (Å²) in [4.78, 5) is 11.6. The number of carbonyl (C=O) groups excluding carboxylic acids is 1. The number of amides is 1. The van der Waals surface area contributed by atoms with E-state index in [1.54, 1.807) is 6.92 Å². The van der Waals surface area contributed by atoms with Crippen molar-refractivity contribution in [2.75, 3.05) is 12.3 Å². The summed E-state index contributed by atoms with van der Waals surface area (Å²) < 4.78 is 0. The first-order valence-electron chi connectivity index (χ1n) is 5.04. The van der Waals surface area contributed by atoms with Crippen molar-refractivity contribution in [1.82, 2.24) is 5.32 Å². The first-order chi connectivity index (χ1) is 7.54. The smallest absolute Gasteiger partial charge is 0.251 e. The van der Waals surface area contributed by atoms with Crippen molar-refractivity contribution < 1.29 is 15.0 Å². The van der Waals surface area contributed by atoms with E-state index >= 15 is 0 Å². The maximum atomic E-state index is 11.6. The lowest BCUT2D eigenvalue weighted by molar-refractivity contribution is 0.0934. The molecule has 5 nitrogen and oxygen atoms in total. The van der Waals surface area contributed by atoms with Crippen LogP contribution in [0.2, 0.25) is 0 Å². The molecule has 1 amide bonds. The molecule has 88 valence electrons. The van der Waals surface area contributed by atoms with Crippen LogP contribution in [-0.4, -0.2) is 28.8 Å². The van der Waals surface area contributed by atoms with Gasteiger partial charge in [0.05, 0.1) is 5.69 Å². The van der Waals surface area contributed by atoms with E-state index in [0.717, 1.165) is 0 Å². The minimum atomic E-state index is -0.295. The van der Waals surface area contributed by atoms with Gasteiger partial charge in [-0.05, 0) is 31.5 Å². The Bertz CT molecular complexity index is 379. The summed E-state index contributed by atoms with van der Waals surface area (Å²) in [5.74, 6) is -0.404. The van der Waals surface area contributed by atoms with E-state index in [2.05, 4.69) is 5.32 Å². The summed E-state index contributed by atoms with van der Waals surface area (Å²) in [6.07, 6.45) is 0.493. The molecule has 0 fully saturated rings. The third-order valence-corrected chi connectivity index (χ3v) is 2.23. The first-order valence-corrected chi connectivity index (χ1v) is 5.04. The molecule has 5 N–H and O–H groups in total. The van der Waals surface area contributed by atoms with Gasteiger partial charge in [0.25, 0.3) is 5.91 Å². The standard InChI is InChI=1S/C11H16N2O3/c1-7(4-5-14)13-11(16)8-2-3-9(12)10(15)6-8/h2-3,6-7,14-15H,4-5,12H2,1H3,(H,13,16). The van der Waals surface area contributed by atoms with Crippen LogP contribution in [0.15, 0.2) is 18.2 Å². The fourth-order valence-electron chi connectivity index (χ4n) is 1.26. The number of nitrogen functional groups attached to an aromatic ring is 1. The zero-order valence-electron chi connectivity index (χ0n) is 9.10. The van der Waals surface area contributed by atoms with E-state index in [1.807, 2.05) is 0 Å². The molecular formula is C11H16N2O3.